The monoisotopic (exact) mass is 266 g/mol. The summed E-state index contributed by atoms with van der Waals surface area (Å²) in [5.41, 5.74) is 8.58. The first-order valence-electron chi connectivity index (χ1n) is 4.71. The maximum Gasteiger partial charge on any atom is 0.222 e. The normalized spacial score (nSPS) is 10.5. The van der Waals surface area contributed by atoms with E-state index in [-0.39, 0.29) is 0 Å². The van der Waals surface area contributed by atoms with Crippen molar-refractivity contribution in [3.8, 4) is 11.3 Å². The highest BCUT2D eigenvalue weighted by Gasteiger charge is 2.08. The van der Waals surface area contributed by atoms with Gasteiger partial charge in [-0.1, -0.05) is 34.1 Å². The summed E-state index contributed by atoms with van der Waals surface area (Å²) >= 11 is 3.45. The molecule has 0 spiro atoms. The van der Waals surface area contributed by atoms with Gasteiger partial charge in [-0.15, -0.1) is 0 Å². The summed E-state index contributed by atoms with van der Waals surface area (Å²) in [5.74, 6) is 0.343. The standard InChI is InChI=1S/C11H11BrN2O/c1-2-7-5-8(12)3-4-9(7)10-6-11(13)15-14-10/h3-6H,2,13H2,1H3. The summed E-state index contributed by atoms with van der Waals surface area (Å²) in [7, 11) is 0. The zero-order valence-corrected chi connectivity index (χ0v) is 9.91. The van der Waals surface area contributed by atoms with Gasteiger partial charge in [-0.2, -0.15) is 0 Å². The highest BCUT2D eigenvalue weighted by Crippen LogP contribution is 2.27. The number of anilines is 1. The maximum atomic E-state index is 5.50. The summed E-state index contributed by atoms with van der Waals surface area (Å²) in [4.78, 5) is 0. The van der Waals surface area contributed by atoms with Crippen molar-refractivity contribution in [2.45, 2.75) is 13.3 Å². The van der Waals surface area contributed by atoms with Crippen LogP contribution in [0.25, 0.3) is 11.3 Å². The molecule has 0 amide bonds. The Balaban J connectivity index is 2.52. The molecule has 0 unspecified atom stereocenters. The molecule has 2 N–H and O–H groups in total. The number of halogens is 1. The molecule has 0 aliphatic heterocycles. The fourth-order valence-corrected chi connectivity index (χ4v) is 1.93. The number of benzene rings is 1. The third-order valence-corrected chi connectivity index (χ3v) is 2.75. The van der Waals surface area contributed by atoms with Gasteiger partial charge in [0.25, 0.3) is 0 Å². The average molecular weight is 267 g/mol. The summed E-state index contributed by atoms with van der Waals surface area (Å²) in [6.07, 6.45) is 0.946. The summed E-state index contributed by atoms with van der Waals surface area (Å²) in [5, 5.41) is 3.91. The van der Waals surface area contributed by atoms with Gasteiger partial charge in [0.2, 0.25) is 5.88 Å². The molecular formula is C11H11BrN2O. The summed E-state index contributed by atoms with van der Waals surface area (Å²) < 4.78 is 5.93. The smallest absolute Gasteiger partial charge is 0.222 e. The second kappa shape index (κ2) is 4.06. The zero-order chi connectivity index (χ0) is 10.8. The van der Waals surface area contributed by atoms with Crippen molar-refractivity contribution in [1.29, 1.82) is 0 Å². The largest absolute Gasteiger partial charge is 0.368 e. The molecule has 1 aromatic carbocycles. The minimum atomic E-state index is 0.343. The van der Waals surface area contributed by atoms with E-state index in [2.05, 4.69) is 34.1 Å². The highest BCUT2D eigenvalue weighted by atomic mass is 79.9. The number of aryl methyl sites for hydroxylation is 1. The topological polar surface area (TPSA) is 52.0 Å². The van der Waals surface area contributed by atoms with Crippen molar-refractivity contribution in [2.24, 2.45) is 0 Å². The highest BCUT2D eigenvalue weighted by molar-refractivity contribution is 9.10. The van der Waals surface area contributed by atoms with Gasteiger partial charge in [0.05, 0.1) is 0 Å². The lowest BCUT2D eigenvalue weighted by Gasteiger charge is -2.04. The van der Waals surface area contributed by atoms with Crippen LogP contribution in [0, 0.1) is 0 Å². The molecule has 15 heavy (non-hydrogen) atoms. The van der Waals surface area contributed by atoms with Gasteiger partial charge < -0.3 is 10.3 Å². The second-order valence-corrected chi connectivity index (χ2v) is 4.19. The van der Waals surface area contributed by atoms with E-state index in [0.717, 1.165) is 22.2 Å². The number of hydrogen-bond acceptors (Lipinski definition) is 3. The van der Waals surface area contributed by atoms with Gasteiger partial charge in [0.15, 0.2) is 0 Å². The molecule has 0 fully saturated rings. The van der Waals surface area contributed by atoms with Gasteiger partial charge in [-0.05, 0) is 24.1 Å². The average Bonchev–Trinajstić information content (AvgIpc) is 2.64. The number of nitrogen functional groups attached to an aromatic ring is 1. The molecule has 2 rings (SSSR count). The number of nitrogens with two attached hydrogens (primary N) is 1. The first kappa shape index (κ1) is 10.2. The molecule has 1 heterocycles. The minimum Gasteiger partial charge on any atom is -0.368 e. The van der Waals surface area contributed by atoms with Gasteiger partial charge in [-0.25, -0.2) is 0 Å². The van der Waals surface area contributed by atoms with Crippen LogP contribution in [0.1, 0.15) is 12.5 Å². The first-order valence-corrected chi connectivity index (χ1v) is 5.51. The van der Waals surface area contributed by atoms with Crippen LogP contribution in [0.2, 0.25) is 0 Å². The number of rotatable bonds is 2. The number of aromatic nitrogens is 1. The van der Waals surface area contributed by atoms with E-state index >= 15 is 0 Å². The third kappa shape index (κ3) is 2.04. The molecule has 0 aliphatic carbocycles. The van der Waals surface area contributed by atoms with E-state index in [1.165, 1.54) is 5.56 Å². The maximum absolute atomic E-state index is 5.50. The Labute approximate surface area is 96.4 Å². The Morgan fingerprint density at radius 2 is 2.20 bits per heavy atom. The van der Waals surface area contributed by atoms with Crippen molar-refractivity contribution >= 4 is 21.8 Å². The fourth-order valence-electron chi connectivity index (χ4n) is 1.52. The summed E-state index contributed by atoms with van der Waals surface area (Å²) in [6.45, 7) is 2.11. The van der Waals surface area contributed by atoms with Crippen LogP contribution < -0.4 is 5.73 Å². The van der Waals surface area contributed by atoms with Crippen LogP contribution >= 0.6 is 15.9 Å². The van der Waals surface area contributed by atoms with Crippen LogP contribution in [-0.4, -0.2) is 5.16 Å². The number of nitrogens with zero attached hydrogens (tertiary/aromatic N) is 1. The Morgan fingerprint density at radius 3 is 2.80 bits per heavy atom. The van der Waals surface area contributed by atoms with Crippen LogP contribution in [0.15, 0.2) is 33.3 Å². The summed E-state index contributed by atoms with van der Waals surface area (Å²) in [6, 6.07) is 7.82. The minimum absolute atomic E-state index is 0.343. The van der Waals surface area contributed by atoms with Crippen LogP contribution in [0.3, 0.4) is 0 Å². The lowest BCUT2D eigenvalue weighted by Crippen LogP contribution is -1.87. The molecule has 2 aromatic rings. The molecule has 0 radical (unpaired) electrons. The van der Waals surface area contributed by atoms with E-state index in [1.54, 1.807) is 6.07 Å². The van der Waals surface area contributed by atoms with Crippen molar-refractivity contribution < 1.29 is 4.52 Å². The van der Waals surface area contributed by atoms with Gasteiger partial charge in [0.1, 0.15) is 5.69 Å². The Hall–Kier alpha value is -1.29. The predicted octanol–water partition coefficient (Wildman–Crippen LogP) is 3.25. The SMILES string of the molecule is CCc1cc(Br)ccc1-c1cc(N)on1. The second-order valence-electron chi connectivity index (χ2n) is 3.27. The molecule has 0 atom stereocenters. The van der Waals surface area contributed by atoms with Gasteiger partial charge >= 0.3 is 0 Å². The molecule has 0 bridgehead atoms. The number of hydrogen-bond donors (Lipinski definition) is 1. The van der Waals surface area contributed by atoms with E-state index in [1.807, 2.05) is 12.1 Å². The molecule has 3 nitrogen and oxygen atoms in total. The molecule has 4 heteroatoms. The quantitative estimate of drug-likeness (QED) is 0.908. The predicted molar refractivity (Wildman–Crippen MR) is 63.4 cm³/mol. The molecular weight excluding hydrogens is 256 g/mol. The molecule has 78 valence electrons. The van der Waals surface area contributed by atoms with E-state index in [0.29, 0.717) is 5.88 Å². The van der Waals surface area contributed by atoms with Crippen molar-refractivity contribution in [3.05, 3.63) is 34.3 Å². The van der Waals surface area contributed by atoms with E-state index in [4.69, 9.17) is 10.3 Å². The lowest BCUT2D eigenvalue weighted by atomic mass is 10.0. The Morgan fingerprint density at radius 1 is 1.40 bits per heavy atom. The first-order chi connectivity index (χ1) is 7.20. The lowest BCUT2D eigenvalue weighted by molar-refractivity contribution is 0.439. The van der Waals surface area contributed by atoms with Crippen molar-refractivity contribution in [3.63, 3.8) is 0 Å². The Kier molecular flexibility index (Phi) is 2.77. The van der Waals surface area contributed by atoms with Crippen LogP contribution in [0.5, 0.6) is 0 Å². The van der Waals surface area contributed by atoms with Crippen LogP contribution in [0.4, 0.5) is 5.88 Å². The zero-order valence-electron chi connectivity index (χ0n) is 8.33. The third-order valence-electron chi connectivity index (χ3n) is 2.25. The van der Waals surface area contributed by atoms with Crippen molar-refractivity contribution in [2.75, 3.05) is 5.73 Å². The Bertz CT molecular complexity index is 479. The van der Waals surface area contributed by atoms with E-state index < -0.39 is 0 Å². The van der Waals surface area contributed by atoms with E-state index in [9.17, 15) is 0 Å². The van der Waals surface area contributed by atoms with Gasteiger partial charge in [0, 0.05) is 16.1 Å². The molecule has 0 saturated heterocycles. The molecule has 0 saturated carbocycles. The van der Waals surface area contributed by atoms with Gasteiger partial charge in [-0.3, -0.25) is 0 Å². The molecule has 0 aliphatic rings. The molecule has 1 aromatic heterocycles. The van der Waals surface area contributed by atoms with Crippen molar-refractivity contribution in [1.82, 2.24) is 5.16 Å². The van der Waals surface area contributed by atoms with Crippen LogP contribution in [-0.2, 0) is 6.42 Å². The fraction of sp³-hybridized carbons (Fsp3) is 0.182.